The second-order valence-electron chi connectivity index (χ2n) is 4.29. The van der Waals surface area contributed by atoms with Crippen LogP contribution >= 0.6 is 0 Å². The maximum absolute atomic E-state index is 12.0. The van der Waals surface area contributed by atoms with Crippen LogP contribution in [0.1, 0.15) is 26.7 Å². The maximum Gasteiger partial charge on any atom is 0.315 e. The van der Waals surface area contributed by atoms with E-state index in [0.29, 0.717) is 13.1 Å². The molecule has 76 valence electrons. The second-order valence-corrected chi connectivity index (χ2v) is 4.29. The highest BCUT2D eigenvalue weighted by molar-refractivity contribution is 5.79. The van der Waals surface area contributed by atoms with E-state index in [-0.39, 0.29) is 5.41 Å². The molecule has 1 saturated heterocycles. The van der Waals surface area contributed by atoms with Crippen molar-refractivity contribution in [2.24, 2.45) is 5.41 Å². The second kappa shape index (κ2) is 3.60. The number of hydrogen-bond donors (Lipinski definition) is 0. The van der Waals surface area contributed by atoms with E-state index >= 15 is 0 Å². The highest BCUT2D eigenvalue weighted by Crippen LogP contribution is 2.29. The average molecular weight is 191 g/mol. The first-order chi connectivity index (χ1) is 5.92. The fourth-order valence-corrected chi connectivity index (χ4v) is 1.47. The average Bonchev–Trinajstić information content (AvgIpc) is 2.03. The van der Waals surface area contributed by atoms with Gasteiger partial charge in [0.1, 0.15) is 0 Å². The summed E-state index contributed by atoms with van der Waals surface area (Å²) >= 11 is 0. The highest BCUT2D eigenvalue weighted by atomic mass is 19.3. The maximum atomic E-state index is 12.0. The predicted molar refractivity (Wildman–Crippen MR) is 45.6 cm³/mol. The first-order valence-electron chi connectivity index (χ1n) is 4.49. The van der Waals surface area contributed by atoms with Crippen LogP contribution in [0.25, 0.3) is 0 Å². The molecule has 0 bridgehead atoms. The van der Waals surface area contributed by atoms with Crippen LogP contribution in [0.5, 0.6) is 0 Å². The first-order valence-corrected chi connectivity index (χ1v) is 4.49. The molecule has 1 fully saturated rings. The summed E-state index contributed by atoms with van der Waals surface area (Å²) in [6.45, 7) is 5.13. The van der Waals surface area contributed by atoms with Crippen LogP contribution < -0.4 is 0 Å². The fraction of sp³-hybridized carbons (Fsp3) is 0.889. The number of rotatable bonds is 1. The molecule has 13 heavy (non-hydrogen) atoms. The van der Waals surface area contributed by atoms with Crippen LogP contribution in [-0.2, 0) is 4.79 Å². The van der Waals surface area contributed by atoms with Gasteiger partial charge in [-0.25, -0.2) is 0 Å². The standard InChI is InChI=1S/C9H15F2NO/c1-9(2)3-5-12(6-4-9)8(13)7(10)11/h7H,3-6H2,1-2H3. The van der Waals surface area contributed by atoms with Gasteiger partial charge in [0.2, 0.25) is 0 Å². The summed E-state index contributed by atoms with van der Waals surface area (Å²) < 4.78 is 24.0. The number of likely N-dealkylation sites (tertiary alicyclic amines) is 1. The normalized spacial score (nSPS) is 22.1. The Morgan fingerprint density at radius 1 is 1.31 bits per heavy atom. The SMILES string of the molecule is CC1(C)CCN(C(=O)C(F)F)CC1. The summed E-state index contributed by atoms with van der Waals surface area (Å²) in [5.74, 6) is -1.02. The van der Waals surface area contributed by atoms with Crippen LogP contribution in [0.2, 0.25) is 0 Å². The Bertz CT molecular complexity index is 194. The van der Waals surface area contributed by atoms with E-state index in [1.807, 2.05) is 0 Å². The summed E-state index contributed by atoms with van der Waals surface area (Å²) in [6, 6.07) is 0. The van der Waals surface area contributed by atoms with Crippen LogP contribution in [0.15, 0.2) is 0 Å². The third-order valence-electron chi connectivity index (χ3n) is 2.62. The summed E-state index contributed by atoms with van der Waals surface area (Å²) in [5.41, 5.74) is 0.193. The lowest BCUT2D eigenvalue weighted by molar-refractivity contribution is -0.144. The molecule has 1 aliphatic heterocycles. The van der Waals surface area contributed by atoms with Crippen LogP contribution in [-0.4, -0.2) is 30.3 Å². The zero-order valence-electron chi connectivity index (χ0n) is 8.02. The van der Waals surface area contributed by atoms with Crippen LogP contribution in [0.3, 0.4) is 0 Å². The van der Waals surface area contributed by atoms with Gasteiger partial charge in [0, 0.05) is 13.1 Å². The van der Waals surface area contributed by atoms with E-state index in [2.05, 4.69) is 13.8 Å². The quantitative estimate of drug-likeness (QED) is 0.620. The van der Waals surface area contributed by atoms with Gasteiger partial charge in [-0.15, -0.1) is 0 Å². The summed E-state index contributed by atoms with van der Waals surface area (Å²) in [7, 11) is 0. The molecule has 2 nitrogen and oxygen atoms in total. The molecule has 0 aliphatic carbocycles. The molecule has 0 atom stereocenters. The number of halogens is 2. The fourth-order valence-electron chi connectivity index (χ4n) is 1.47. The van der Waals surface area contributed by atoms with Crippen molar-refractivity contribution in [1.82, 2.24) is 4.90 Å². The zero-order valence-corrected chi connectivity index (χ0v) is 8.02. The largest absolute Gasteiger partial charge is 0.338 e. The van der Waals surface area contributed by atoms with Crippen LogP contribution in [0, 0.1) is 5.41 Å². The molecule has 1 heterocycles. The van der Waals surface area contributed by atoms with Gasteiger partial charge in [-0.1, -0.05) is 13.8 Å². The molecular formula is C9H15F2NO. The van der Waals surface area contributed by atoms with Gasteiger partial charge >= 0.3 is 6.43 Å². The number of nitrogens with zero attached hydrogens (tertiary/aromatic N) is 1. The van der Waals surface area contributed by atoms with E-state index in [1.165, 1.54) is 4.90 Å². The Morgan fingerprint density at radius 3 is 2.15 bits per heavy atom. The lowest BCUT2D eigenvalue weighted by Gasteiger charge is -2.36. The van der Waals surface area contributed by atoms with Crippen molar-refractivity contribution in [3.8, 4) is 0 Å². The lowest BCUT2D eigenvalue weighted by Crippen LogP contribution is -2.43. The summed E-state index contributed by atoms with van der Waals surface area (Å²) in [5, 5.41) is 0. The highest BCUT2D eigenvalue weighted by Gasteiger charge is 2.30. The molecule has 1 aliphatic rings. The van der Waals surface area contributed by atoms with Gasteiger partial charge < -0.3 is 4.90 Å². The van der Waals surface area contributed by atoms with E-state index < -0.39 is 12.3 Å². The number of amides is 1. The zero-order chi connectivity index (χ0) is 10.1. The monoisotopic (exact) mass is 191 g/mol. The molecule has 0 aromatic heterocycles. The Hall–Kier alpha value is -0.670. The van der Waals surface area contributed by atoms with Crippen molar-refractivity contribution < 1.29 is 13.6 Å². The van der Waals surface area contributed by atoms with Crippen molar-refractivity contribution in [1.29, 1.82) is 0 Å². The van der Waals surface area contributed by atoms with Gasteiger partial charge in [0.05, 0.1) is 0 Å². The third-order valence-corrected chi connectivity index (χ3v) is 2.62. The van der Waals surface area contributed by atoms with E-state index in [9.17, 15) is 13.6 Å². The van der Waals surface area contributed by atoms with Crippen molar-refractivity contribution in [3.63, 3.8) is 0 Å². The Balaban J connectivity index is 2.46. The van der Waals surface area contributed by atoms with Crippen molar-refractivity contribution in [2.75, 3.05) is 13.1 Å². The number of carbonyl (C=O) groups excluding carboxylic acids is 1. The molecule has 0 radical (unpaired) electrons. The third kappa shape index (κ3) is 2.64. The molecule has 0 aromatic rings. The molecule has 0 unspecified atom stereocenters. The Kier molecular flexibility index (Phi) is 2.88. The van der Waals surface area contributed by atoms with E-state index in [0.717, 1.165) is 12.8 Å². The first kappa shape index (κ1) is 10.4. The topological polar surface area (TPSA) is 20.3 Å². The van der Waals surface area contributed by atoms with Gasteiger partial charge in [-0.05, 0) is 18.3 Å². The predicted octanol–water partition coefficient (Wildman–Crippen LogP) is 1.90. The smallest absolute Gasteiger partial charge is 0.315 e. The van der Waals surface area contributed by atoms with E-state index in [1.54, 1.807) is 0 Å². The Labute approximate surface area is 76.9 Å². The molecular weight excluding hydrogens is 176 g/mol. The number of carbonyl (C=O) groups is 1. The number of alkyl halides is 2. The van der Waals surface area contributed by atoms with Gasteiger partial charge in [0.25, 0.3) is 5.91 Å². The van der Waals surface area contributed by atoms with Gasteiger partial charge in [-0.2, -0.15) is 8.78 Å². The van der Waals surface area contributed by atoms with Crippen LogP contribution in [0.4, 0.5) is 8.78 Å². The number of hydrogen-bond acceptors (Lipinski definition) is 1. The van der Waals surface area contributed by atoms with Crippen molar-refractivity contribution in [2.45, 2.75) is 33.1 Å². The molecule has 1 rings (SSSR count). The molecule has 0 N–H and O–H groups in total. The minimum atomic E-state index is -2.85. The van der Waals surface area contributed by atoms with Gasteiger partial charge in [0.15, 0.2) is 0 Å². The Morgan fingerprint density at radius 2 is 1.77 bits per heavy atom. The summed E-state index contributed by atoms with van der Waals surface area (Å²) in [4.78, 5) is 12.1. The van der Waals surface area contributed by atoms with Gasteiger partial charge in [-0.3, -0.25) is 4.79 Å². The molecule has 4 heteroatoms. The van der Waals surface area contributed by atoms with Crippen molar-refractivity contribution >= 4 is 5.91 Å². The number of piperidine rings is 1. The minimum absolute atomic E-state index is 0.193. The summed E-state index contributed by atoms with van der Waals surface area (Å²) in [6.07, 6.45) is -1.22. The lowest BCUT2D eigenvalue weighted by atomic mass is 9.83. The molecule has 0 aromatic carbocycles. The van der Waals surface area contributed by atoms with E-state index in [4.69, 9.17) is 0 Å². The molecule has 1 amide bonds. The van der Waals surface area contributed by atoms with Crippen molar-refractivity contribution in [3.05, 3.63) is 0 Å². The molecule has 0 saturated carbocycles. The minimum Gasteiger partial charge on any atom is -0.338 e. The molecule has 0 spiro atoms.